The van der Waals surface area contributed by atoms with Crippen LogP contribution in [0.4, 0.5) is 10.7 Å². The van der Waals surface area contributed by atoms with Crippen molar-refractivity contribution in [2.45, 2.75) is 13.0 Å². The molecule has 1 amide bonds. The van der Waals surface area contributed by atoms with Crippen molar-refractivity contribution in [3.8, 4) is 0 Å². The van der Waals surface area contributed by atoms with Crippen molar-refractivity contribution < 1.29 is 9.90 Å². The summed E-state index contributed by atoms with van der Waals surface area (Å²) >= 11 is 0. The van der Waals surface area contributed by atoms with E-state index in [4.69, 9.17) is 5.11 Å². The topological polar surface area (TPSA) is 81.6 Å². The van der Waals surface area contributed by atoms with Crippen LogP contribution in [0.2, 0.25) is 0 Å². The number of piperazine rings is 1. The first-order valence-electron chi connectivity index (χ1n) is 6.52. The minimum absolute atomic E-state index is 0.395. The molecule has 2 N–H and O–H groups in total. The summed E-state index contributed by atoms with van der Waals surface area (Å²) in [4.78, 5) is 23.5. The monoisotopic (exact) mass is 263 g/mol. The van der Waals surface area contributed by atoms with Gasteiger partial charge in [-0.3, -0.25) is 0 Å². The number of nitrogens with one attached hydrogen (secondary N) is 1. The molecular weight excluding hydrogens is 246 g/mol. The Hall–Kier alpha value is -1.89. The summed E-state index contributed by atoms with van der Waals surface area (Å²) < 4.78 is 0. The van der Waals surface area contributed by atoms with Gasteiger partial charge in [0.1, 0.15) is 0 Å². The van der Waals surface area contributed by atoms with Crippen LogP contribution in [-0.2, 0) is 13.0 Å². The third kappa shape index (κ3) is 2.46. The lowest BCUT2D eigenvalue weighted by Gasteiger charge is -2.29. The predicted octanol–water partition coefficient (Wildman–Crippen LogP) is -0.0777. The molecule has 7 heteroatoms. The third-order valence-corrected chi connectivity index (χ3v) is 3.59. The summed E-state index contributed by atoms with van der Waals surface area (Å²) in [7, 11) is 0. The molecule has 0 unspecified atom stereocenters. The van der Waals surface area contributed by atoms with Gasteiger partial charge in [-0.15, -0.1) is 0 Å². The van der Waals surface area contributed by atoms with Crippen molar-refractivity contribution >= 4 is 12.0 Å². The Morgan fingerprint density at radius 2 is 2.11 bits per heavy atom. The smallest absolute Gasteiger partial charge is 0.407 e. The van der Waals surface area contributed by atoms with Crippen molar-refractivity contribution in [3.63, 3.8) is 0 Å². The molecule has 0 radical (unpaired) electrons. The summed E-state index contributed by atoms with van der Waals surface area (Å²) in [6, 6.07) is 0. The highest BCUT2D eigenvalue weighted by atomic mass is 16.4. The first-order valence-corrected chi connectivity index (χ1v) is 6.52. The normalized spacial score (nSPS) is 19.2. The van der Waals surface area contributed by atoms with Crippen molar-refractivity contribution in [1.82, 2.24) is 20.2 Å². The summed E-state index contributed by atoms with van der Waals surface area (Å²) in [5, 5.41) is 12.3. The van der Waals surface area contributed by atoms with E-state index in [0.29, 0.717) is 19.5 Å². The maximum absolute atomic E-state index is 10.9. The van der Waals surface area contributed by atoms with Crippen molar-refractivity contribution in [1.29, 1.82) is 0 Å². The highest BCUT2D eigenvalue weighted by molar-refractivity contribution is 5.65. The van der Waals surface area contributed by atoms with Crippen molar-refractivity contribution in [2.24, 2.45) is 0 Å². The fraction of sp³-hybridized carbons (Fsp3) is 0.583. The van der Waals surface area contributed by atoms with Crippen LogP contribution in [0, 0.1) is 0 Å². The van der Waals surface area contributed by atoms with Gasteiger partial charge in [-0.05, 0) is 0 Å². The molecule has 2 aliphatic heterocycles. The zero-order chi connectivity index (χ0) is 13.2. The minimum atomic E-state index is -0.878. The summed E-state index contributed by atoms with van der Waals surface area (Å²) in [5.74, 6) is 0.768. The van der Waals surface area contributed by atoms with E-state index in [9.17, 15) is 4.79 Å². The second-order valence-electron chi connectivity index (χ2n) is 4.83. The molecule has 3 heterocycles. The van der Waals surface area contributed by atoms with Crippen LogP contribution in [-0.4, -0.2) is 58.8 Å². The Bertz CT molecular complexity index is 487. The Morgan fingerprint density at radius 3 is 2.84 bits per heavy atom. The number of amides is 1. The van der Waals surface area contributed by atoms with Gasteiger partial charge in [-0.2, -0.15) is 0 Å². The lowest BCUT2D eigenvalue weighted by molar-refractivity contribution is 0.139. The standard InChI is InChI=1S/C12H17N5O2/c18-12(19)17-4-1-10-9(8-17)7-14-11(15-10)16-5-2-13-3-6-16/h7,13H,1-6,8H2,(H,18,19). The molecule has 1 aromatic heterocycles. The number of fused-ring (bicyclic) bond motifs is 1. The van der Waals surface area contributed by atoms with E-state index in [1.807, 2.05) is 0 Å². The predicted molar refractivity (Wildman–Crippen MR) is 69.3 cm³/mol. The second-order valence-corrected chi connectivity index (χ2v) is 4.83. The number of hydrogen-bond acceptors (Lipinski definition) is 5. The van der Waals surface area contributed by atoms with Gasteiger partial charge < -0.3 is 20.2 Å². The van der Waals surface area contributed by atoms with Gasteiger partial charge in [-0.25, -0.2) is 14.8 Å². The number of hydrogen-bond donors (Lipinski definition) is 2. The number of aromatic nitrogens is 2. The van der Waals surface area contributed by atoms with E-state index >= 15 is 0 Å². The SMILES string of the molecule is O=C(O)N1CCc2nc(N3CCNCC3)ncc2C1. The number of anilines is 1. The highest BCUT2D eigenvalue weighted by Gasteiger charge is 2.23. The first kappa shape index (κ1) is 12.2. The van der Waals surface area contributed by atoms with E-state index in [-0.39, 0.29) is 0 Å². The van der Waals surface area contributed by atoms with Crippen LogP contribution in [0.15, 0.2) is 6.20 Å². The van der Waals surface area contributed by atoms with Gasteiger partial charge in [0.2, 0.25) is 5.95 Å². The lowest BCUT2D eigenvalue weighted by Crippen LogP contribution is -2.44. The molecule has 3 rings (SSSR count). The number of rotatable bonds is 1. The molecule has 0 aromatic carbocycles. The van der Waals surface area contributed by atoms with Crippen LogP contribution >= 0.6 is 0 Å². The summed E-state index contributed by atoms with van der Waals surface area (Å²) in [5.41, 5.74) is 1.91. The maximum Gasteiger partial charge on any atom is 0.407 e. The van der Waals surface area contributed by atoms with Gasteiger partial charge in [-0.1, -0.05) is 0 Å². The molecule has 1 aromatic rings. The molecule has 0 saturated carbocycles. The third-order valence-electron chi connectivity index (χ3n) is 3.59. The average molecular weight is 263 g/mol. The fourth-order valence-electron chi connectivity index (χ4n) is 2.49. The Kier molecular flexibility index (Phi) is 3.20. The van der Waals surface area contributed by atoms with Crippen molar-refractivity contribution in [2.75, 3.05) is 37.6 Å². The van der Waals surface area contributed by atoms with Crippen molar-refractivity contribution in [3.05, 3.63) is 17.5 Å². The van der Waals surface area contributed by atoms with Gasteiger partial charge in [0.05, 0.1) is 12.2 Å². The molecule has 19 heavy (non-hydrogen) atoms. The molecule has 0 bridgehead atoms. The average Bonchev–Trinajstić information content (AvgIpc) is 2.47. The molecule has 0 atom stereocenters. The molecule has 1 fully saturated rings. The van der Waals surface area contributed by atoms with E-state index in [2.05, 4.69) is 20.2 Å². The molecular formula is C12H17N5O2. The molecule has 1 saturated heterocycles. The maximum atomic E-state index is 10.9. The fourth-order valence-corrected chi connectivity index (χ4v) is 2.49. The lowest BCUT2D eigenvalue weighted by atomic mass is 10.1. The summed E-state index contributed by atoms with van der Waals surface area (Å²) in [6.45, 7) is 4.65. The van der Waals surface area contributed by atoms with E-state index in [1.54, 1.807) is 6.20 Å². The van der Waals surface area contributed by atoms with Crippen LogP contribution in [0.5, 0.6) is 0 Å². The number of carbonyl (C=O) groups is 1. The molecule has 7 nitrogen and oxygen atoms in total. The van der Waals surface area contributed by atoms with E-state index in [1.165, 1.54) is 4.90 Å². The van der Waals surface area contributed by atoms with Crippen LogP contribution in [0.1, 0.15) is 11.3 Å². The van der Waals surface area contributed by atoms with E-state index < -0.39 is 6.09 Å². The Morgan fingerprint density at radius 1 is 1.32 bits per heavy atom. The van der Waals surface area contributed by atoms with Crippen LogP contribution < -0.4 is 10.2 Å². The zero-order valence-corrected chi connectivity index (χ0v) is 10.7. The Balaban J connectivity index is 1.79. The first-order chi connectivity index (χ1) is 9.24. The van der Waals surface area contributed by atoms with E-state index in [0.717, 1.165) is 43.4 Å². The highest BCUT2D eigenvalue weighted by Crippen LogP contribution is 2.19. The second kappa shape index (κ2) is 5.00. The number of carboxylic acid groups (broad SMARTS) is 1. The minimum Gasteiger partial charge on any atom is -0.465 e. The van der Waals surface area contributed by atoms with Crippen LogP contribution in [0.3, 0.4) is 0 Å². The van der Waals surface area contributed by atoms with Gasteiger partial charge >= 0.3 is 6.09 Å². The quantitative estimate of drug-likeness (QED) is 0.737. The molecule has 0 aliphatic carbocycles. The van der Waals surface area contributed by atoms with Crippen LogP contribution in [0.25, 0.3) is 0 Å². The molecule has 102 valence electrons. The van der Waals surface area contributed by atoms with Gasteiger partial charge in [0, 0.05) is 50.9 Å². The Labute approximate surface area is 111 Å². The summed E-state index contributed by atoms with van der Waals surface area (Å²) in [6.07, 6.45) is 1.56. The van der Waals surface area contributed by atoms with Gasteiger partial charge in [0.15, 0.2) is 0 Å². The largest absolute Gasteiger partial charge is 0.465 e. The zero-order valence-electron chi connectivity index (χ0n) is 10.7. The van der Waals surface area contributed by atoms with Gasteiger partial charge in [0.25, 0.3) is 0 Å². The number of nitrogens with zero attached hydrogens (tertiary/aromatic N) is 4. The molecule has 2 aliphatic rings. The molecule has 0 spiro atoms.